The van der Waals surface area contributed by atoms with Gasteiger partial charge < -0.3 is 10.6 Å². The summed E-state index contributed by atoms with van der Waals surface area (Å²) in [5.41, 5.74) is 6.86. The topological polar surface area (TPSA) is 95.6 Å². The number of benzene rings is 3. The number of fused-ring (bicyclic) bond motifs is 1. The minimum absolute atomic E-state index is 0.157. The van der Waals surface area contributed by atoms with E-state index in [-0.39, 0.29) is 5.91 Å². The van der Waals surface area contributed by atoms with Crippen molar-refractivity contribution >= 4 is 34.1 Å². The van der Waals surface area contributed by atoms with Crippen LogP contribution in [0.15, 0.2) is 79.1 Å². The van der Waals surface area contributed by atoms with E-state index in [0.29, 0.717) is 11.5 Å². The van der Waals surface area contributed by atoms with Gasteiger partial charge in [0.05, 0.1) is 17.4 Å². The predicted molar refractivity (Wildman–Crippen MR) is 131 cm³/mol. The van der Waals surface area contributed by atoms with Gasteiger partial charge in [0.1, 0.15) is 0 Å². The molecule has 5 rings (SSSR count). The molecule has 0 aliphatic rings. The third-order valence-electron chi connectivity index (χ3n) is 5.26. The van der Waals surface area contributed by atoms with Crippen LogP contribution in [-0.4, -0.2) is 26.1 Å². The smallest absolute Gasteiger partial charge is 0.255 e. The second-order valence-electron chi connectivity index (χ2n) is 7.93. The van der Waals surface area contributed by atoms with E-state index in [2.05, 4.69) is 31.9 Å². The summed E-state index contributed by atoms with van der Waals surface area (Å²) in [6.45, 7) is 4.02. The SMILES string of the molecule is Cc1cc(C)cc(NC(=O)c2ccc(Nc3nc(-c4cn[nH]c4)c4ccccc4n3)cc2)c1. The molecule has 7 heteroatoms. The number of carbonyl (C=O) groups excluding carboxylic acids is 1. The van der Waals surface area contributed by atoms with E-state index >= 15 is 0 Å². The van der Waals surface area contributed by atoms with Crippen LogP contribution in [0.25, 0.3) is 22.2 Å². The number of aryl methyl sites for hydroxylation is 2. The van der Waals surface area contributed by atoms with Crippen molar-refractivity contribution in [3.05, 3.63) is 95.8 Å². The zero-order valence-corrected chi connectivity index (χ0v) is 18.3. The standard InChI is InChI=1S/C26H22N6O/c1-16-11-17(2)13-21(12-16)29-25(33)18-7-9-20(10-8-18)30-26-31-23-6-4-3-5-22(23)24(32-26)19-14-27-28-15-19/h3-15H,1-2H3,(H,27,28)(H,29,33)(H,30,31,32). The fourth-order valence-corrected chi connectivity index (χ4v) is 3.82. The Balaban J connectivity index is 1.38. The molecule has 0 unspecified atom stereocenters. The van der Waals surface area contributed by atoms with Gasteiger partial charge in [-0.05, 0) is 67.4 Å². The first-order chi connectivity index (χ1) is 16.0. The molecule has 162 valence electrons. The zero-order chi connectivity index (χ0) is 22.8. The number of nitrogens with zero attached hydrogens (tertiary/aromatic N) is 3. The largest absolute Gasteiger partial charge is 0.324 e. The summed E-state index contributed by atoms with van der Waals surface area (Å²) in [7, 11) is 0. The van der Waals surface area contributed by atoms with Gasteiger partial charge in [-0.25, -0.2) is 9.97 Å². The molecule has 5 aromatic rings. The third kappa shape index (κ3) is 4.43. The predicted octanol–water partition coefficient (Wildman–Crippen LogP) is 5.63. The van der Waals surface area contributed by atoms with Gasteiger partial charge in [0, 0.05) is 34.1 Å². The molecule has 3 N–H and O–H groups in total. The summed E-state index contributed by atoms with van der Waals surface area (Å²) >= 11 is 0. The second-order valence-corrected chi connectivity index (χ2v) is 7.93. The van der Waals surface area contributed by atoms with Crippen LogP contribution in [0.3, 0.4) is 0 Å². The monoisotopic (exact) mass is 434 g/mol. The zero-order valence-electron chi connectivity index (χ0n) is 18.3. The van der Waals surface area contributed by atoms with Crippen LogP contribution in [0, 0.1) is 13.8 Å². The third-order valence-corrected chi connectivity index (χ3v) is 5.26. The minimum Gasteiger partial charge on any atom is -0.324 e. The number of anilines is 3. The Bertz CT molecular complexity index is 1420. The van der Waals surface area contributed by atoms with E-state index in [1.165, 1.54) is 0 Å². The number of hydrogen-bond donors (Lipinski definition) is 3. The number of nitrogens with one attached hydrogen (secondary N) is 3. The van der Waals surface area contributed by atoms with Crippen molar-refractivity contribution in [3.63, 3.8) is 0 Å². The Labute approximate surface area is 190 Å². The summed E-state index contributed by atoms with van der Waals surface area (Å²) in [4.78, 5) is 22.0. The average Bonchev–Trinajstić information content (AvgIpc) is 3.33. The van der Waals surface area contributed by atoms with Crippen molar-refractivity contribution in [1.29, 1.82) is 0 Å². The molecule has 0 radical (unpaired) electrons. The number of aromatic nitrogens is 4. The number of hydrogen-bond acceptors (Lipinski definition) is 5. The van der Waals surface area contributed by atoms with E-state index in [1.54, 1.807) is 18.3 Å². The van der Waals surface area contributed by atoms with E-state index < -0.39 is 0 Å². The number of H-pyrrole nitrogens is 1. The molecule has 2 heterocycles. The summed E-state index contributed by atoms with van der Waals surface area (Å²) < 4.78 is 0. The van der Waals surface area contributed by atoms with Gasteiger partial charge in [-0.2, -0.15) is 5.10 Å². The Morgan fingerprint density at radius 1 is 0.879 bits per heavy atom. The van der Waals surface area contributed by atoms with Crippen LogP contribution < -0.4 is 10.6 Å². The highest BCUT2D eigenvalue weighted by Gasteiger charge is 2.12. The fourth-order valence-electron chi connectivity index (χ4n) is 3.82. The highest BCUT2D eigenvalue weighted by Crippen LogP contribution is 2.27. The Morgan fingerprint density at radius 2 is 1.64 bits per heavy atom. The van der Waals surface area contributed by atoms with Crippen LogP contribution in [0.4, 0.5) is 17.3 Å². The molecular weight excluding hydrogens is 412 g/mol. The van der Waals surface area contributed by atoms with Gasteiger partial charge in [-0.15, -0.1) is 0 Å². The summed E-state index contributed by atoms with van der Waals surface area (Å²) in [5, 5.41) is 14.0. The van der Waals surface area contributed by atoms with Crippen LogP contribution in [0.2, 0.25) is 0 Å². The lowest BCUT2D eigenvalue weighted by Gasteiger charge is -2.10. The quantitative estimate of drug-likeness (QED) is 0.333. The number of para-hydroxylation sites is 1. The molecule has 7 nitrogen and oxygen atoms in total. The number of rotatable bonds is 5. The van der Waals surface area contributed by atoms with Gasteiger partial charge in [-0.3, -0.25) is 9.89 Å². The van der Waals surface area contributed by atoms with E-state index in [0.717, 1.165) is 44.7 Å². The lowest BCUT2D eigenvalue weighted by Crippen LogP contribution is -2.12. The van der Waals surface area contributed by atoms with Gasteiger partial charge in [0.25, 0.3) is 5.91 Å². The van der Waals surface area contributed by atoms with Gasteiger partial charge in [-0.1, -0.05) is 24.3 Å². The molecule has 0 atom stereocenters. The summed E-state index contributed by atoms with van der Waals surface area (Å²) in [5.74, 6) is 0.313. The van der Waals surface area contributed by atoms with Crippen molar-refractivity contribution in [2.75, 3.05) is 10.6 Å². The molecule has 0 spiro atoms. The Morgan fingerprint density at radius 3 is 2.36 bits per heavy atom. The molecule has 0 saturated carbocycles. The van der Waals surface area contributed by atoms with Crippen LogP contribution in [0.1, 0.15) is 21.5 Å². The minimum atomic E-state index is -0.157. The van der Waals surface area contributed by atoms with Crippen molar-refractivity contribution in [2.24, 2.45) is 0 Å². The van der Waals surface area contributed by atoms with Crippen LogP contribution in [0.5, 0.6) is 0 Å². The highest BCUT2D eigenvalue weighted by atomic mass is 16.1. The Kier molecular flexibility index (Phi) is 5.28. The van der Waals surface area contributed by atoms with Crippen molar-refractivity contribution in [2.45, 2.75) is 13.8 Å². The first-order valence-electron chi connectivity index (χ1n) is 10.6. The normalized spacial score (nSPS) is 10.8. The maximum atomic E-state index is 12.7. The lowest BCUT2D eigenvalue weighted by atomic mass is 10.1. The molecule has 0 fully saturated rings. The molecule has 0 saturated heterocycles. The average molecular weight is 435 g/mol. The molecule has 0 aliphatic carbocycles. The molecule has 0 bridgehead atoms. The summed E-state index contributed by atoms with van der Waals surface area (Å²) in [6.07, 6.45) is 3.55. The van der Waals surface area contributed by atoms with Crippen LogP contribution >= 0.6 is 0 Å². The first kappa shape index (κ1) is 20.4. The molecule has 0 aliphatic heterocycles. The van der Waals surface area contributed by atoms with E-state index in [9.17, 15) is 4.79 Å². The van der Waals surface area contributed by atoms with Crippen molar-refractivity contribution in [1.82, 2.24) is 20.2 Å². The maximum Gasteiger partial charge on any atom is 0.255 e. The molecule has 3 aromatic carbocycles. The van der Waals surface area contributed by atoms with Gasteiger partial charge in [0.15, 0.2) is 0 Å². The van der Waals surface area contributed by atoms with Crippen molar-refractivity contribution in [3.8, 4) is 11.3 Å². The molecular formula is C26H22N6O. The molecule has 1 amide bonds. The number of aromatic amines is 1. The maximum absolute atomic E-state index is 12.7. The molecule has 2 aromatic heterocycles. The van der Waals surface area contributed by atoms with Crippen molar-refractivity contribution < 1.29 is 4.79 Å². The first-order valence-corrected chi connectivity index (χ1v) is 10.6. The summed E-state index contributed by atoms with van der Waals surface area (Å²) in [6, 6.07) is 21.1. The second kappa shape index (κ2) is 8.55. The Hall–Kier alpha value is -4.52. The number of amides is 1. The van der Waals surface area contributed by atoms with E-state index in [1.807, 2.05) is 68.6 Å². The highest BCUT2D eigenvalue weighted by molar-refractivity contribution is 6.04. The van der Waals surface area contributed by atoms with Crippen LogP contribution in [-0.2, 0) is 0 Å². The van der Waals surface area contributed by atoms with E-state index in [4.69, 9.17) is 4.98 Å². The molecule has 33 heavy (non-hydrogen) atoms. The van der Waals surface area contributed by atoms with Gasteiger partial charge >= 0.3 is 0 Å². The fraction of sp³-hybridized carbons (Fsp3) is 0.0769. The lowest BCUT2D eigenvalue weighted by molar-refractivity contribution is 0.102. The van der Waals surface area contributed by atoms with Gasteiger partial charge in [0.2, 0.25) is 5.95 Å². The number of carbonyl (C=O) groups is 1.